The molecule has 0 aliphatic heterocycles. The van der Waals surface area contributed by atoms with Gasteiger partial charge in [0, 0.05) is 10.7 Å². The minimum Gasteiger partial charge on any atom is -0.457 e. The van der Waals surface area contributed by atoms with Gasteiger partial charge in [0.1, 0.15) is 16.3 Å². The first kappa shape index (κ1) is 17.5. The molecule has 25 heavy (non-hydrogen) atoms. The zero-order valence-corrected chi connectivity index (χ0v) is 15.5. The van der Waals surface area contributed by atoms with Crippen molar-refractivity contribution in [3.63, 3.8) is 0 Å². The van der Waals surface area contributed by atoms with E-state index in [0.29, 0.717) is 22.2 Å². The van der Waals surface area contributed by atoms with Gasteiger partial charge in [0.25, 0.3) is 0 Å². The molecule has 5 heteroatoms. The molecule has 0 bridgehead atoms. The van der Waals surface area contributed by atoms with Crippen molar-refractivity contribution in [2.45, 2.75) is 4.83 Å². The predicted molar refractivity (Wildman–Crippen MR) is 105 cm³/mol. The molecule has 3 aromatic carbocycles. The van der Waals surface area contributed by atoms with Crippen LogP contribution in [-0.4, -0.2) is 5.91 Å². The number of anilines is 1. The van der Waals surface area contributed by atoms with E-state index in [4.69, 9.17) is 16.3 Å². The highest BCUT2D eigenvalue weighted by Crippen LogP contribution is 2.27. The number of rotatable bonds is 5. The molecule has 126 valence electrons. The van der Waals surface area contributed by atoms with Crippen molar-refractivity contribution in [2.24, 2.45) is 0 Å². The van der Waals surface area contributed by atoms with Crippen LogP contribution in [0.2, 0.25) is 5.02 Å². The standard InChI is InChI=1S/C20H15BrClNO2/c21-19(14-4-2-1-3-5-14)20(24)23-16-8-12-18(13-9-16)25-17-10-6-15(22)7-11-17/h1-13,19H,(H,23,24)/t19-/m0/s1. The Hall–Kier alpha value is -2.30. The first-order chi connectivity index (χ1) is 12.1. The fourth-order valence-electron chi connectivity index (χ4n) is 2.22. The van der Waals surface area contributed by atoms with Crippen molar-refractivity contribution in [2.75, 3.05) is 5.32 Å². The zero-order valence-electron chi connectivity index (χ0n) is 13.2. The fourth-order valence-corrected chi connectivity index (χ4v) is 2.77. The van der Waals surface area contributed by atoms with Crippen LogP contribution in [0.5, 0.6) is 11.5 Å². The Bertz CT molecular complexity index is 836. The van der Waals surface area contributed by atoms with E-state index in [-0.39, 0.29) is 5.91 Å². The average molecular weight is 417 g/mol. The Labute approximate surface area is 159 Å². The van der Waals surface area contributed by atoms with E-state index in [0.717, 1.165) is 5.56 Å². The van der Waals surface area contributed by atoms with Crippen LogP contribution >= 0.6 is 27.5 Å². The van der Waals surface area contributed by atoms with E-state index in [1.54, 1.807) is 48.5 Å². The molecular weight excluding hydrogens is 402 g/mol. The van der Waals surface area contributed by atoms with Gasteiger partial charge in [-0.1, -0.05) is 57.9 Å². The molecule has 0 saturated carbocycles. The van der Waals surface area contributed by atoms with Gasteiger partial charge in [-0.3, -0.25) is 4.79 Å². The summed E-state index contributed by atoms with van der Waals surface area (Å²) in [6.07, 6.45) is 0. The third-order valence-electron chi connectivity index (χ3n) is 3.49. The van der Waals surface area contributed by atoms with E-state index in [9.17, 15) is 4.79 Å². The second-order valence-electron chi connectivity index (χ2n) is 5.34. The Morgan fingerprint density at radius 1 is 0.880 bits per heavy atom. The lowest BCUT2D eigenvalue weighted by Crippen LogP contribution is -2.16. The molecule has 0 saturated heterocycles. The average Bonchev–Trinajstić information content (AvgIpc) is 2.65. The number of carbonyl (C=O) groups excluding carboxylic acids is 1. The van der Waals surface area contributed by atoms with Gasteiger partial charge in [0.05, 0.1) is 0 Å². The maximum atomic E-state index is 12.3. The summed E-state index contributed by atoms with van der Waals surface area (Å²) in [6, 6.07) is 23.9. The van der Waals surface area contributed by atoms with Gasteiger partial charge < -0.3 is 10.1 Å². The number of amides is 1. The molecule has 0 heterocycles. The SMILES string of the molecule is O=C(Nc1ccc(Oc2ccc(Cl)cc2)cc1)[C@@H](Br)c1ccccc1. The second kappa shape index (κ2) is 8.19. The Morgan fingerprint density at radius 2 is 1.44 bits per heavy atom. The number of hydrogen-bond acceptors (Lipinski definition) is 2. The van der Waals surface area contributed by atoms with E-state index in [2.05, 4.69) is 21.2 Å². The van der Waals surface area contributed by atoms with E-state index in [1.165, 1.54) is 0 Å². The lowest BCUT2D eigenvalue weighted by atomic mass is 10.1. The number of alkyl halides is 1. The topological polar surface area (TPSA) is 38.3 Å². The smallest absolute Gasteiger partial charge is 0.242 e. The number of nitrogens with one attached hydrogen (secondary N) is 1. The summed E-state index contributed by atoms with van der Waals surface area (Å²) in [4.78, 5) is 11.9. The molecule has 3 rings (SSSR count). The Morgan fingerprint density at radius 3 is 2.04 bits per heavy atom. The highest BCUT2D eigenvalue weighted by Gasteiger charge is 2.16. The minimum absolute atomic E-state index is 0.127. The second-order valence-corrected chi connectivity index (χ2v) is 6.69. The third-order valence-corrected chi connectivity index (χ3v) is 4.69. The molecule has 0 unspecified atom stereocenters. The van der Waals surface area contributed by atoms with Crippen LogP contribution in [0.4, 0.5) is 5.69 Å². The molecule has 3 aromatic rings. The normalized spacial score (nSPS) is 11.6. The van der Waals surface area contributed by atoms with Crippen LogP contribution in [0.25, 0.3) is 0 Å². The maximum absolute atomic E-state index is 12.3. The molecule has 1 atom stereocenters. The Balaban J connectivity index is 1.62. The maximum Gasteiger partial charge on any atom is 0.242 e. The molecule has 0 fully saturated rings. The van der Waals surface area contributed by atoms with E-state index in [1.807, 2.05) is 30.3 Å². The molecule has 3 nitrogen and oxygen atoms in total. The first-order valence-corrected chi connectivity index (χ1v) is 8.94. The van der Waals surface area contributed by atoms with E-state index >= 15 is 0 Å². The van der Waals surface area contributed by atoms with Gasteiger partial charge >= 0.3 is 0 Å². The molecule has 0 aliphatic carbocycles. The predicted octanol–water partition coefficient (Wildman–Crippen LogP) is 6.21. The van der Waals surface area contributed by atoms with Crippen LogP contribution in [0, 0.1) is 0 Å². The number of halogens is 2. The molecule has 1 amide bonds. The molecule has 0 aliphatic rings. The summed E-state index contributed by atoms with van der Waals surface area (Å²) < 4.78 is 5.73. The summed E-state index contributed by atoms with van der Waals surface area (Å²) >= 11 is 9.28. The third kappa shape index (κ3) is 4.84. The number of ether oxygens (including phenoxy) is 1. The van der Waals surface area contributed by atoms with Crippen molar-refractivity contribution < 1.29 is 9.53 Å². The van der Waals surface area contributed by atoms with Crippen LogP contribution in [0.1, 0.15) is 10.4 Å². The van der Waals surface area contributed by atoms with Crippen LogP contribution in [0.15, 0.2) is 78.9 Å². The van der Waals surface area contributed by atoms with Gasteiger partial charge in [-0.05, 0) is 54.1 Å². The summed E-state index contributed by atoms with van der Waals surface area (Å²) in [6.45, 7) is 0. The van der Waals surface area contributed by atoms with Crippen molar-refractivity contribution >= 4 is 39.1 Å². The molecule has 0 spiro atoms. The Kier molecular flexibility index (Phi) is 5.74. The van der Waals surface area contributed by atoms with Crippen LogP contribution in [0.3, 0.4) is 0 Å². The fraction of sp³-hybridized carbons (Fsp3) is 0.0500. The molecule has 0 aromatic heterocycles. The van der Waals surface area contributed by atoms with Gasteiger partial charge in [0.2, 0.25) is 5.91 Å². The van der Waals surface area contributed by atoms with Crippen molar-refractivity contribution in [1.29, 1.82) is 0 Å². The summed E-state index contributed by atoms with van der Waals surface area (Å²) in [5.41, 5.74) is 1.61. The van der Waals surface area contributed by atoms with Crippen molar-refractivity contribution in [3.05, 3.63) is 89.4 Å². The number of hydrogen-bond donors (Lipinski definition) is 1. The highest BCUT2D eigenvalue weighted by atomic mass is 79.9. The summed E-state index contributed by atoms with van der Waals surface area (Å²) in [7, 11) is 0. The van der Waals surface area contributed by atoms with E-state index < -0.39 is 4.83 Å². The van der Waals surface area contributed by atoms with Gasteiger partial charge in [0.15, 0.2) is 0 Å². The highest BCUT2D eigenvalue weighted by molar-refractivity contribution is 9.09. The number of carbonyl (C=O) groups is 1. The van der Waals surface area contributed by atoms with Gasteiger partial charge in [-0.25, -0.2) is 0 Å². The molecule has 1 N–H and O–H groups in total. The lowest BCUT2D eigenvalue weighted by Gasteiger charge is -2.12. The van der Waals surface area contributed by atoms with Gasteiger partial charge in [-0.2, -0.15) is 0 Å². The monoisotopic (exact) mass is 415 g/mol. The largest absolute Gasteiger partial charge is 0.457 e. The minimum atomic E-state index is -0.404. The number of benzene rings is 3. The zero-order chi connectivity index (χ0) is 17.6. The van der Waals surface area contributed by atoms with Gasteiger partial charge in [-0.15, -0.1) is 0 Å². The quantitative estimate of drug-likeness (QED) is 0.502. The first-order valence-electron chi connectivity index (χ1n) is 7.65. The van der Waals surface area contributed by atoms with Crippen molar-refractivity contribution in [1.82, 2.24) is 0 Å². The van der Waals surface area contributed by atoms with Crippen molar-refractivity contribution in [3.8, 4) is 11.5 Å². The molecular formula is C20H15BrClNO2. The summed E-state index contributed by atoms with van der Waals surface area (Å²) in [5.74, 6) is 1.25. The van der Waals surface area contributed by atoms with Crippen LogP contribution in [-0.2, 0) is 4.79 Å². The van der Waals surface area contributed by atoms with Crippen LogP contribution < -0.4 is 10.1 Å². The summed E-state index contributed by atoms with van der Waals surface area (Å²) in [5, 5.41) is 3.54. The lowest BCUT2D eigenvalue weighted by molar-refractivity contribution is -0.115. The molecule has 0 radical (unpaired) electrons.